The second kappa shape index (κ2) is 4.96. The molecule has 0 unspecified atom stereocenters. The highest BCUT2D eigenvalue weighted by molar-refractivity contribution is 9.11. The first-order valence-corrected chi connectivity index (χ1v) is 8.21. The molecule has 0 saturated heterocycles. The molecule has 1 aliphatic heterocycles. The van der Waals surface area contributed by atoms with E-state index in [2.05, 4.69) is 27.3 Å². The summed E-state index contributed by atoms with van der Waals surface area (Å²) in [4.78, 5) is 1.14. The first-order valence-electron chi connectivity index (χ1n) is 6.60. The van der Waals surface area contributed by atoms with Gasteiger partial charge in [-0.3, -0.25) is 0 Å². The molecule has 21 heavy (non-hydrogen) atoms. The van der Waals surface area contributed by atoms with Crippen LogP contribution in [0.4, 0.5) is 10.2 Å². The van der Waals surface area contributed by atoms with Crippen molar-refractivity contribution in [2.45, 2.75) is 6.42 Å². The lowest BCUT2D eigenvalue weighted by Gasteiger charge is -2.05. The third-order valence-corrected chi connectivity index (χ3v) is 5.16. The molecule has 6 heteroatoms. The first kappa shape index (κ1) is 13.0. The molecule has 1 N–H and O–H groups in total. The number of hydrogen-bond donors (Lipinski definition) is 1. The highest BCUT2D eigenvalue weighted by Gasteiger charge is 2.24. The molecule has 0 radical (unpaired) electrons. The summed E-state index contributed by atoms with van der Waals surface area (Å²) in [6.07, 6.45) is 0.960. The zero-order valence-electron chi connectivity index (χ0n) is 10.9. The van der Waals surface area contributed by atoms with Crippen LogP contribution < -0.4 is 5.32 Å². The lowest BCUT2D eigenvalue weighted by molar-refractivity contribution is 0.627. The Bertz CT molecular complexity index is 807. The van der Waals surface area contributed by atoms with Gasteiger partial charge in [-0.15, -0.1) is 11.3 Å². The fourth-order valence-corrected chi connectivity index (χ4v) is 3.98. The fraction of sp³-hybridized carbons (Fsp3) is 0.133. The summed E-state index contributed by atoms with van der Waals surface area (Å²) in [5, 5.41) is 8.12. The number of rotatable bonds is 2. The van der Waals surface area contributed by atoms with Gasteiger partial charge in [-0.05, 0) is 58.7 Å². The molecular weight excluding hydrogens is 353 g/mol. The Morgan fingerprint density at radius 2 is 2.00 bits per heavy atom. The predicted octanol–water partition coefficient (Wildman–Crippen LogP) is 4.47. The van der Waals surface area contributed by atoms with E-state index in [9.17, 15) is 4.39 Å². The van der Waals surface area contributed by atoms with Crippen LogP contribution in [0.15, 0.2) is 40.2 Å². The third kappa shape index (κ3) is 2.18. The lowest BCUT2D eigenvalue weighted by Crippen LogP contribution is -2.04. The van der Waals surface area contributed by atoms with Crippen molar-refractivity contribution < 1.29 is 4.39 Å². The Kier molecular flexibility index (Phi) is 3.08. The quantitative estimate of drug-likeness (QED) is 0.727. The lowest BCUT2D eigenvalue weighted by atomic mass is 10.2. The van der Waals surface area contributed by atoms with Crippen LogP contribution in [-0.2, 0) is 6.42 Å². The van der Waals surface area contributed by atoms with Gasteiger partial charge in [0.25, 0.3) is 0 Å². The number of anilines is 1. The van der Waals surface area contributed by atoms with E-state index >= 15 is 0 Å². The number of halogens is 2. The van der Waals surface area contributed by atoms with E-state index in [0.717, 1.165) is 38.8 Å². The van der Waals surface area contributed by atoms with E-state index in [1.807, 2.05) is 10.7 Å². The molecule has 3 heterocycles. The Labute approximate surface area is 133 Å². The van der Waals surface area contributed by atoms with Gasteiger partial charge in [0.1, 0.15) is 17.3 Å². The second-order valence-corrected chi connectivity index (χ2v) is 7.31. The third-order valence-electron chi connectivity index (χ3n) is 3.53. The van der Waals surface area contributed by atoms with E-state index in [-0.39, 0.29) is 5.82 Å². The maximum atomic E-state index is 13.1. The van der Waals surface area contributed by atoms with Crippen molar-refractivity contribution in [1.82, 2.24) is 9.78 Å². The van der Waals surface area contributed by atoms with Crippen molar-refractivity contribution in [3.05, 3.63) is 51.6 Å². The Hall–Kier alpha value is -1.66. The Balaban J connectivity index is 1.88. The van der Waals surface area contributed by atoms with Crippen LogP contribution in [0.1, 0.15) is 5.56 Å². The van der Waals surface area contributed by atoms with Gasteiger partial charge in [-0.1, -0.05) is 0 Å². The first-order chi connectivity index (χ1) is 10.2. The monoisotopic (exact) mass is 363 g/mol. The molecule has 0 aliphatic carbocycles. The van der Waals surface area contributed by atoms with Gasteiger partial charge in [0.05, 0.1) is 14.4 Å². The highest BCUT2D eigenvalue weighted by Crippen LogP contribution is 2.38. The number of aromatic nitrogens is 2. The standard InChI is InChI=1S/C15H11BrFN3S/c16-13-6-5-12(21-13)14-11-7-8-18-15(11)20(19-14)10-3-1-9(17)2-4-10/h1-6,18H,7-8H2. The maximum absolute atomic E-state index is 13.1. The highest BCUT2D eigenvalue weighted by atomic mass is 79.9. The number of thiophene rings is 1. The molecule has 106 valence electrons. The molecule has 3 nitrogen and oxygen atoms in total. The summed E-state index contributed by atoms with van der Waals surface area (Å²) >= 11 is 5.17. The number of fused-ring (bicyclic) bond motifs is 1. The van der Waals surface area contributed by atoms with Crippen LogP contribution in [0, 0.1) is 5.82 Å². The van der Waals surface area contributed by atoms with E-state index < -0.39 is 0 Å². The van der Waals surface area contributed by atoms with Crippen LogP contribution in [0.3, 0.4) is 0 Å². The van der Waals surface area contributed by atoms with Crippen molar-refractivity contribution in [3.8, 4) is 16.3 Å². The average molecular weight is 364 g/mol. The number of nitrogens with one attached hydrogen (secondary N) is 1. The van der Waals surface area contributed by atoms with Crippen LogP contribution in [-0.4, -0.2) is 16.3 Å². The van der Waals surface area contributed by atoms with Crippen molar-refractivity contribution in [2.75, 3.05) is 11.9 Å². The minimum absolute atomic E-state index is 0.238. The van der Waals surface area contributed by atoms with Crippen LogP contribution in [0.2, 0.25) is 0 Å². The Morgan fingerprint density at radius 3 is 2.71 bits per heavy atom. The maximum Gasteiger partial charge on any atom is 0.133 e. The van der Waals surface area contributed by atoms with Crippen LogP contribution in [0.25, 0.3) is 16.3 Å². The van der Waals surface area contributed by atoms with Crippen molar-refractivity contribution >= 4 is 33.1 Å². The Morgan fingerprint density at radius 1 is 1.19 bits per heavy atom. The molecule has 0 fully saturated rings. The van der Waals surface area contributed by atoms with E-state index in [4.69, 9.17) is 5.10 Å². The van der Waals surface area contributed by atoms with E-state index in [0.29, 0.717) is 0 Å². The average Bonchev–Trinajstić information content (AvgIpc) is 3.15. The summed E-state index contributed by atoms with van der Waals surface area (Å²) in [5.74, 6) is 0.777. The summed E-state index contributed by atoms with van der Waals surface area (Å²) in [6.45, 7) is 0.911. The zero-order valence-corrected chi connectivity index (χ0v) is 13.3. The molecular formula is C15H11BrFN3S. The van der Waals surface area contributed by atoms with Gasteiger partial charge < -0.3 is 5.32 Å². The molecule has 0 amide bonds. The number of benzene rings is 1. The van der Waals surface area contributed by atoms with Crippen LogP contribution in [0.5, 0.6) is 0 Å². The van der Waals surface area contributed by atoms with Crippen molar-refractivity contribution in [2.24, 2.45) is 0 Å². The van der Waals surface area contributed by atoms with Crippen LogP contribution >= 0.6 is 27.3 Å². The van der Waals surface area contributed by atoms with E-state index in [1.165, 1.54) is 17.7 Å². The van der Waals surface area contributed by atoms with Gasteiger partial charge >= 0.3 is 0 Å². The summed E-state index contributed by atoms with van der Waals surface area (Å²) < 4.78 is 16.1. The molecule has 2 aromatic heterocycles. The molecule has 4 rings (SSSR count). The number of nitrogens with zero attached hydrogens (tertiary/aromatic N) is 2. The minimum Gasteiger partial charge on any atom is -0.369 e. The van der Waals surface area contributed by atoms with Gasteiger partial charge in [-0.2, -0.15) is 5.10 Å². The fourth-order valence-electron chi connectivity index (χ4n) is 2.58. The predicted molar refractivity (Wildman–Crippen MR) is 86.7 cm³/mol. The molecule has 1 aliphatic rings. The number of hydrogen-bond acceptors (Lipinski definition) is 3. The van der Waals surface area contributed by atoms with Gasteiger partial charge in [0, 0.05) is 12.1 Å². The molecule has 0 saturated carbocycles. The van der Waals surface area contributed by atoms with Crippen molar-refractivity contribution in [1.29, 1.82) is 0 Å². The normalized spacial score (nSPS) is 13.2. The van der Waals surface area contributed by atoms with E-state index in [1.54, 1.807) is 23.5 Å². The zero-order chi connectivity index (χ0) is 14.4. The minimum atomic E-state index is -0.238. The summed E-state index contributed by atoms with van der Waals surface area (Å²) in [6, 6.07) is 10.5. The van der Waals surface area contributed by atoms with Gasteiger partial charge in [0.2, 0.25) is 0 Å². The molecule has 1 aromatic carbocycles. The van der Waals surface area contributed by atoms with Gasteiger partial charge in [-0.25, -0.2) is 9.07 Å². The SMILES string of the molecule is Fc1ccc(-n2nc(-c3ccc(Br)s3)c3c2NCC3)cc1. The molecule has 0 atom stereocenters. The largest absolute Gasteiger partial charge is 0.369 e. The molecule has 0 bridgehead atoms. The molecule has 3 aromatic rings. The topological polar surface area (TPSA) is 29.9 Å². The van der Waals surface area contributed by atoms with Crippen molar-refractivity contribution in [3.63, 3.8) is 0 Å². The molecule has 0 spiro atoms. The summed E-state index contributed by atoms with van der Waals surface area (Å²) in [5.41, 5.74) is 3.10. The summed E-state index contributed by atoms with van der Waals surface area (Å²) in [7, 11) is 0. The second-order valence-electron chi connectivity index (χ2n) is 4.84. The smallest absolute Gasteiger partial charge is 0.133 e. The van der Waals surface area contributed by atoms with Gasteiger partial charge in [0.15, 0.2) is 0 Å².